The Bertz CT molecular complexity index is 1250. The van der Waals surface area contributed by atoms with Crippen molar-refractivity contribution in [2.45, 2.75) is 76.0 Å². The molecule has 7 nitrogen and oxygen atoms in total. The number of aliphatic hydroxyl groups is 2. The fourth-order valence-corrected chi connectivity index (χ4v) is 7.41. The summed E-state index contributed by atoms with van der Waals surface area (Å²) in [6.07, 6.45) is -0.191. The van der Waals surface area contributed by atoms with Gasteiger partial charge in [-0.05, 0) is 60.6 Å². The molecule has 4 atom stereocenters. The Hall–Kier alpha value is -1.68. The molecule has 3 N–H and O–H groups in total. The largest absolute Gasteiger partial charge is 0.368 e. The number of nitrogens with one attached hydrogen (secondary N) is 1. The Kier molecular flexibility index (Phi) is 8.82. The maximum atomic E-state index is 14.4. The number of amides is 1. The summed E-state index contributed by atoms with van der Waals surface area (Å²) in [7, 11) is -3.48. The number of hydrogen-bond donors (Lipinski definition) is 3. The highest BCUT2D eigenvalue weighted by Crippen LogP contribution is 2.52. The minimum atomic E-state index is -3.48. The molecule has 1 saturated heterocycles. The molecule has 1 amide bonds. The Morgan fingerprint density at radius 1 is 1.05 bits per heavy atom. The molecule has 0 radical (unpaired) electrons. The molecule has 1 aliphatic heterocycles. The first-order valence-corrected chi connectivity index (χ1v) is 15.3. The minimum Gasteiger partial charge on any atom is -0.368 e. The van der Waals surface area contributed by atoms with Crippen LogP contribution in [0.2, 0.25) is 10.0 Å². The van der Waals surface area contributed by atoms with E-state index in [4.69, 9.17) is 23.2 Å². The van der Waals surface area contributed by atoms with Crippen molar-refractivity contribution in [2.75, 3.05) is 6.54 Å². The highest BCUT2D eigenvalue weighted by Gasteiger charge is 2.52. The van der Waals surface area contributed by atoms with Gasteiger partial charge in [0.2, 0.25) is 15.9 Å². The van der Waals surface area contributed by atoms with Crippen LogP contribution in [0.5, 0.6) is 0 Å². The molecule has 1 saturated carbocycles. The van der Waals surface area contributed by atoms with Crippen LogP contribution < -0.4 is 4.72 Å². The first-order valence-electron chi connectivity index (χ1n) is 13.0. The highest BCUT2D eigenvalue weighted by atomic mass is 35.5. The number of piperidine rings is 1. The zero-order chi connectivity index (χ0) is 27.8. The molecule has 4 rings (SSSR count). The maximum Gasteiger partial charge on any atom is 0.229 e. The number of sulfonamides is 1. The molecule has 0 spiro atoms. The Labute approximate surface area is 235 Å². The molecule has 208 valence electrons. The van der Waals surface area contributed by atoms with E-state index in [-0.39, 0.29) is 36.0 Å². The lowest BCUT2D eigenvalue weighted by Crippen LogP contribution is -2.59. The van der Waals surface area contributed by atoms with Crippen LogP contribution in [0, 0.1) is 11.3 Å². The van der Waals surface area contributed by atoms with Crippen molar-refractivity contribution < 1.29 is 23.4 Å². The summed E-state index contributed by atoms with van der Waals surface area (Å²) in [5.41, 5.74) is 0.664. The molecule has 10 heteroatoms. The lowest BCUT2D eigenvalue weighted by Gasteiger charge is -2.53. The van der Waals surface area contributed by atoms with E-state index >= 15 is 0 Å². The van der Waals surface area contributed by atoms with Crippen LogP contribution >= 0.6 is 23.2 Å². The molecule has 2 aromatic carbocycles. The van der Waals surface area contributed by atoms with E-state index in [1.807, 2.05) is 44.2 Å². The van der Waals surface area contributed by atoms with E-state index < -0.39 is 33.8 Å². The van der Waals surface area contributed by atoms with Crippen molar-refractivity contribution in [2.24, 2.45) is 11.3 Å². The molecule has 0 aromatic heterocycles. The van der Waals surface area contributed by atoms with Crippen molar-refractivity contribution in [1.29, 1.82) is 0 Å². The summed E-state index contributed by atoms with van der Waals surface area (Å²) < 4.78 is 28.3. The van der Waals surface area contributed by atoms with Gasteiger partial charge in [-0.1, -0.05) is 68.2 Å². The summed E-state index contributed by atoms with van der Waals surface area (Å²) in [5.74, 6) is -0.595. The van der Waals surface area contributed by atoms with Crippen LogP contribution in [-0.2, 0) is 14.8 Å². The van der Waals surface area contributed by atoms with Crippen LogP contribution in [0.4, 0.5) is 0 Å². The van der Waals surface area contributed by atoms with Gasteiger partial charge in [-0.3, -0.25) is 4.79 Å². The first kappa shape index (κ1) is 29.3. The summed E-state index contributed by atoms with van der Waals surface area (Å²) in [4.78, 5) is 16.1. The van der Waals surface area contributed by atoms with E-state index in [0.29, 0.717) is 29.3 Å². The number of halogens is 2. The van der Waals surface area contributed by atoms with Crippen LogP contribution in [-0.4, -0.2) is 53.6 Å². The summed E-state index contributed by atoms with van der Waals surface area (Å²) in [6.45, 7) is 5.74. The second-order valence-electron chi connectivity index (χ2n) is 11.2. The molecule has 2 aliphatic rings. The van der Waals surface area contributed by atoms with Gasteiger partial charge in [0.1, 0.15) is 0 Å². The van der Waals surface area contributed by atoms with Crippen molar-refractivity contribution in [3.63, 3.8) is 0 Å². The smallest absolute Gasteiger partial charge is 0.229 e. The van der Waals surface area contributed by atoms with Gasteiger partial charge in [0, 0.05) is 35.0 Å². The Balaban J connectivity index is 1.86. The summed E-state index contributed by atoms with van der Waals surface area (Å²) >= 11 is 12.6. The van der Waals surface area contributed by atoms with Gasteiger partial charge >= 0.3 is 0 Å². The third-order valence-corrected chi connectivity index (χ3v) is 10.2. The van der Waals surface area contributed by atoms with E-state index in [1.54, 1.807) is 30.0 Å². The molecule has 1 aliphatic carbocycles. The predicted molar refractivity (Wildman–Crippen MR) is 149 cm³/mol. The third-order valence-electron chi connectivity index (χ3n) is 7.81. The summed E-state index contributed by atoms with van der Waals surface area (Å²) in [5, 5.41) is 20.7. The molecule has 0 bridgehead atoms. The SMILES string of the molecule is CC(C)[C@@H](CNS(=O)(=O)C1CC1)N1C(=O)[C@@](C)(CC(O)O)C[C@H](c2cccc(Cl)c2)[C@H]1c1ccc(Cl)cc1. The van der Waals surface area contributed by atoms with Crippen molar-refractivity contribution in [1.82, 2.24) is 9.62 Å². The van der Waals surface area contributed by atoms with Crippen molar-refractivity contribution >= 4 is 39.1 Å². The van der Waals surface area contributed by atoms with Gasteiger partial charge in [-0.2, -0.15) is 0 Å². The average Bonchev–Trinajstić information content (AvgIpc) is 3.68. The average molecular weight is 584 g/mol. The topological polar surface area (TPSA) is 107 Å². The van der Waals surface area contributed by atoms with Crippen molar-refractivity contribution in [3.8, 4) is 0 Å². The first-order chi connectivity index (χ1) is 17.8. The number of rotatable bonds is 10. The molecule has 2 aromatic rings. The van der Waals surface area contributed by atoms with Gasteiger partial charge in [-0.15, -0.1) is 0 Å². The quantitative estimate of drug-likeness (QED) is 0.347. The monoisotopic (exact) mass is 582 g/mol. The van der Waals surface area contributed by atoms with Gasteiger partial charge < -0.3 is 15.1 Å². The minimum absolute atomic E-state index is 0.0619. The zero-order valence-corrected chi connectivity index (χ0v) is 24.2. The lowest BCUT2D eigenvalue weighted by molar-refractivity contribution is -0.164. The zero-order valence-electron chi connectivity index (χ0n) is 21.8. The molecular weight excluding hydrogens is 547 g/mol. The molecule has 1 heterocycles. The fraction of sp³-hybridized carbons (Fsp3) is 0.536. The second-order valence-corrected chi connectivity index (χ2v) is 14.1. The molecule has 38 heavy (non-hydrogen) atoms. The molecule has 0 unspecified atom stereocenters. The fourth-order valence-electron chi connectivity index (χ4n) is 5.69. The molecule has 2 fully saturated rings. The lowest BCUT2D eigenvalue weighted by atomic mass is 9.66. The number of carbonyl (C=O) groups is 1. The standard InChI is InChI=1S/C28H36Cl2N2O5S/c1-17(2)24(16-31-38(36,37)22-11-12-22)32-26(18-7-9-20(29)10-8-18)23(19-5-4-6-21(30)13-19)14-28(3,27(32)35)15-25(33)34/h4-10,13,17,22-26,31,33-34H,11-12,14-16H2,1-3H3/t23-,24-,26-,28-/m1/s1. The normalized spacial score (nSPS) is 25.3. The van der Waals surface area contributed by atoms with E-state index in [9.17, 15) is 23.4 Å². The van der Waals surface area contributed by atoms with Crippen LogP contribution in [0.1, 0.15) is 69.5 Å². The van der Waals surface area contributed by atoms with Crippen LogP contribution in [0.15, 0.2) is 48.5 Å². The van der Waals surface area contributed by atoms with Crippen molar-refractivity contribution in [3.05, 3.63) is 69.7 Å². The second kappa shape index (κ2) is 11.4. The van der Waals surface area contributed by atoms with E-state index in [1.165, 1.54) is 0 Å². The predicted octanol–water partition coefficient (Wildman–Crippen LogP) is 4.86. The maximum absolute atomic E-state index is 14.4. The third kappa shape index (κ3) is 6.37. The number of likely N-dealkylation sites (tertiary alicyclic amines) is 1. The van der Waals surface area contributed by atoms with E-state index in [0.717, 1.165) is 11.1 Å². The van der Waals surface area contributed by atoms with Crippen LogP contribution in [0.3, 0.4) is 0 Å². The van der Waals surface area contributed by atoms with Gasteiger partial charge in [0.05, 0.1) is 16.7 Å². The Morgan fingerprint density at radius 2 is 1.71 bits per heavy atom. The number of hydrogen-bond acceptors (Lipinski definition) is 5. The van der Waals surface area contributed by atoms with Crippen LogP contribution in [0.25, 0.3) is 0 Å². The number of carbonyl (C=O) groups excluding carboxylic acids is 1. The molecular formula is C28H36Cl2N2O5S. The van der Waals surface area contributed by atoms with Gasteiger partial charge in [0.15, 0.2) is 6.29 Å². The summed E-state index contributed by atoms with van der Waals surface area (Å²) in [6, 6.07) is 13.9. The van der Waals surface area contributed by atoms with E-state index in [2.05, 4.69) is 4.72 Å². The number of nitrogens with zero attached hydrogens (tertiary/aromatic N) is 1. The Morgan fingerprint density at radius 3 is 2.26 bits per heavy atom. The van der Waals surface area contributed by atoms with Gasteiger partial charge in [0.25, 0.3) is 0 Å². The van der Waals surface area contributed by atoms with Gasteiger partial charge in [-0.25, -0.2) is 13.1 Å². The highest BCUT2D eigenvalue weighted by molar-refractivity contribution is 7.90. The number of benzene rings is 2. The number of aliphatic hydroxyl groups excluding tert-OH is 1.